The maximum Gasteiger partial charge on any atom is 0.328 e. The van der Waals surface area contributed by atoms with Crippen LogP contribution in [0.4, 0.5) is 10.1 Å². The minimum Gasteiger partial charge on any atom is -0.478 e. The van der Waals surface area contributed by atoms with E-state index in [1.54, 1.807) is 25.1 Å². The number of benzene rings is 1. The van der Waals surface area contributed by atoms with E-state index in [0.717, 1.165) is 6.08 Å². The van der Waals surface area contributed by atoms with E-state index < -0.39 is 11.8 Å². The number of aliphatic carboxylic acids is 1. The molecule has 0 aromatic heterocycles. The van der Waals surface area contributed by atoms with E-state index in [9.17, 15) is 14.0 Å². The Labute approximate surface area is 123 Å². The van der Waals surface area contributed by atoms with Crippen molar-refractivity contribution >= 4 is 23.6 Å². The molecule has 0 unspecified atom stereocenters. The highest BCUT2D eigenvalue weighted by Crippen LogP contribution is 2.19. The fourth-order valence-electron chi connectivity index (χ4n) is 1.73. The van der Waals surface area contributed by atoms with Crippen LogP contribution >= 0.6 is 0 Å². The Balaban J connectivity index is 3.04. The van der Waals surface area contributed by atoms with Gasteiger partial charge in [-0.2, -0.15) is 0 Å². The summed E-state index contributed by atoms with van der Waals surface area (Å²) in [5.74, 6) is -1.67. The van der Waals surface area contributed by atoms with Crippen LogP contribution in [0.2, 0.25) is 0 Å². The predicted molar refractivity (Wildman–Crippen MR) is 79.7 cm³/mol. The molecule has 0 saturated carbocycles. The van der Waals surface area contributed by atoms with Gasteiger partial charge in [0.25, 0.3) is 0 Å². The third-order valence-corrected chi connectivity index (χ3v) is 2.90. The van der Waals surface area contributed by atoms with Crippen molar-refractivity contribution in [1.29, 1.82) is 0 Å². The van der Waals surface area contributed by atoms with E-state index >= 15 is 0 Å². The second kappa shape index (κ2) is 7.42. The lowest BCUT2D eigenvalue weighted by Crippen LogP contribution is -2.36. The molecule has 5 nitrogen and oxygen atoms in total. The van der Waals surface area contributed by atoms with Crippen LogP contribution in [0.3, 0.4) is 0 Å². The lowest BCUT2D eigenvalue weighted by Gasteiger charge is -2.24. The van der Waals surface area contributed by atoms with Crippen LogP contribution in [0, 0.1) is 5.82 Å². The molecule has 1 rings (SSSR count). The minimum atomic E-state index is -1.10. The number of nitrogens with zero attached hydrogens (tertiary/aromatic N) is 2. The van der Waals surface area contributed by atoms with Gasteiger partial charge in [-0.15, -0.1) is 0 Å². The van der Waals surface area contributed by atoms with Crippen LogP contribution in [0.5, 0.6) is 0 Å². The van der Waals surface area contributed by atoms with Crippen molar-refractivity contribution in [2.45, 2.75) is 6.92 Å². The largest absolute Gasteiger partial charge is 0.478 e. The van der Waals surface area contributed by atoms with Crippen molar-refractivity contribution in [3.05, 3.63) is 35.7 Å². The predicted octanol–water partition coefficient (Wildman–Crippen LogP) is 1.84. The number of anilines is 1. The maximum absolute atomic E-state index is 13.6. The van der Waals surface area contributed by atoms with Gasteiger partial charge in [0.05, 0.1) is 6.54 Å². The number of carbonyl (C=O) groups excluding carboxylic acids is 1. The molecule has 1 aromatic carbocycles. The second-order valence-electron chi connectivity index (χ2n) is 4.72. The molecule has 0 bridgehead atoms. The zero-order valence-electron chi connectivity index (χ0n) is 12.3. The average molecular weight is 294 g/mol. The van der Waals surface area contributed by atoms with Gasteiger partial charge >= 0.3 is 5.97 Å². The Morgan fingerprint density at radius 1 is 1.29 bits per heavy atom. The molecule has 21 heavy (non-hydrogen) atoms. The number of rotatable bonds is 6. The summed E-state index contributed by atoms with van der Waals surface area (Å²) >= 11 is 0. The normalized spacial score (nSPS) is 10.7. The lowest BCUT2D eigenvalue weighted by molar-refractivity contribution is -0.131. The first-order valence-electron chi connectivity index (χ1n) is 6.50. The lowest BCUT2D eigenvalue weighted by atomic mass is 10.1. The van der Waals surface area contributed by atoms with Gasteiger partial charge in [-0.25, -0.2) is 9.18 Å². The first kappa shape index (κ1) is 16.7. The Hall–Kier alpha value is -2.37. The molecule has 0 aliphatic heterocycles. The summed E-state index contributed by atoms with van der Waals surface area (Å²) in [6.45, 7) is 2.53. The molecule has 6 heteroatoms. The SMILES string of the molecule is CCN(CC(=O)N(C)C)c1cc(F)cc(/C=C/C(=O)O)c1. The minimum absolute atomic E-state index is 0.0938. The van der Waals surface area contributed by atoms with Gasteiger partial charge in [0, 0.05) is 32.4 Å². The Bertz CT molecular complexity index is 556. The number of hydrogen-bond donors (Lipinski definition) is 1. The highest BCUT2D eigenvalue weighted by molar-refractivity contribution is 5.85. The molecule has 1 amide bonds. The van der Waals surface area contributed by atoms with Crippen LogP contribution in [0.25, 0.3) is 6.08 Å². The third-order valence-electron chi connectivity index (χ3n) is 2.90. The standard InChI is InChI=1S/C15H19FN2O3/c1-4-18(10-14(19)17(2)3)13-8-11(5-6-15(20)21)7-12(16)9-13/h5-9H,4,10H2,1-3H3,(H,20,21)/b6-5+. The van der Waals surface area contributed by atoms with Crippen LogP contribution < -0.4 is 4.90 Å². The van der Waals surface area contributed by atoms with E-state index in [1.165, 1.54) is 23.1 Å². The molecule has 0 atom stereocenters. The second-order valence-corrected chi connectivity index (χ2v) is 4.72. The Morgan fingerprint density at radius 2 is 1.95 bits per heavy atom. The van der Waals surface area contributed by atoms with Crippen molar-refractivity contribution < 1.29 is 19.1 Å². The molecule has 0 aliphatic rings. The smallest absolute Gasteiger partial charge is 0.328 e. The number of hydrogen-bond acceptors (Lipinski definition) is 3. The Kier molecular flexibility index (Phi) is 5.90. The molecule has 0 fully saturated rings. The summed E-state index contributed by atoms with van der Waals surface area (Å²) in [6.07, 6.45) is 2.26. The number of likely N-dealkylation sites (N-methyl/N-ethyl adjacent to an activating group) is 2. The van der Waals surface area contributed by atoms with Crippen molar-refractivity contribution in [3.8, 4) is 0 Å². The number of amides is 1. The molecule has 114 valence electrons. The highest BCUT2D eigenvalue weighted by atomic mass is 19.1. The van der Waals surface area contributed by atoms with Gasteiger partial charge in [-0.05, 0) is 36.8 Å². The topological polar surface area (TPSA) is 60.9 Å². The van der Waals surface area contributed by atoms with Gasteiger partial charge in [-0.3, -0.25) is 4.79 Å². The fourth-order valence-corrected chi connectivity index (χ4v) is 1.73. The zero-order chi connectivity index (χ0) is 16.0. The average Bonchev–Trinajstić information content (AvgIpc) is 2.41. The van der Waals surface area contributed by atoms with Crippen LogP contribution in [-0.2, 0) is 9.59 Å². The first-order chi connectivity index (χ1) is 9.83. The van der Waals surface area contributed by atoms with E-state index in [2.05, 4.69) is 0 Å². The summed E-state index contributed by atoms with van der Waals surface area (Å²) in [7, 11) is 3.31. The monoisotopic (exact) mass is 294 g/mol. The maximum atomic E-state index is 13.6. The fraction of sp³-hybridized carbons (Fsp3) is 0.333. The van der Waals surface area contributed by atoms with Crippen molar-refractivity contribution in [2.75, 3.05) is 32.1 Å². The summed E-state index contributed by atoms with van der Waals surface area (Å²) in [6, 6.07) is 4.21. The van der Waals surface area contributed by atoms with E-state index in [1.807, 2.05) is 6.92 Å². The molecule has 0 saturated heterocycles. The van der Waals surface area contributed by atoms with Crippen LogP contribution in [0.15, 0.2) is 24.3 Å². The van der Waals surface area contributed by atoms with E-state index in [4.69, 9.17) is 5.11 Å². The quantitative estimate of drug-likeness (QED) is 0.813. The third kappa shape index (κ3) is 5.25. The number of carboxylic acids is 1. The number of carboxylic acid groups (broad SMARTS) is 1. The van der Waals surface area contributed by atoms with Gasteiger partial charge in [0.1, 0.15) is 5.82 Å². The van der Waals surface area contributed by atoms with Crippen LogP contribution in [-0.4, -0.2) is 49.1 Å². The van der Waals surface area contributed by atoms with Crippen LogP contribution in [0.1, 0.15) is 12.5 Å². The van der Waals surface area contributed by atoms with Crippen molar-refractivity contribution in [1.82, 2.24) is 4.90 Å². The molecule has 1 aromatic rings. The molecule has 1 N–H and O–H groups in total. The molecule has 0 radical (unpaired) electrons. The number of carbonyl (C=O) groups is 2. The van der Waals surface area contributed by atoms with E-state index in [-0.39, 0.29) is 12.5 Å². The molecule has 0 aliphatic carbocycles. The molecule has 0 spiro atoms. The summed E-state index contributed by atoms with van der Waals surface area (Å²) in [4.78, 5) is 25.5. The van der Waals surface area contributed by atoms with Crippen molar-refractivity contribution in [3.63, 3.8) is 0 Å². The van der Waals surface area contributed by atoms with E-state index in [0.29, 0.717) is 17.8 Å². The first-order valence-corrected chi connectivity index (χ1v) is 6.50. The molecular weight excluding hydrogens is 275 g/mol. The molecular formula is C15H19FN2O3. The highest BCUT2D eigenvalue weighted by Gasteiger charge is 2.13. The number of halogens is 1. The zero-order valence-corrected chi connectivity index (χ0v) is 12.3. The van der Waals surface area contributed by atoms with Gasteiger partial charge in [0.15, 0.2) is 0 Å². The van der Waals surface area contributed by atoms with Crippen molar-refractivity contribution in [2.24, 2.45) is 0 Å². The van der Waals surface area contributed by atoms with Gasteiger partial charge < -0.3 is 14.9 Å². The summed E-state index contributed by atoms with van der Waals surface area (Å²) < 4.78 is 13.6. The summed E-state index contributed by atoms with van der Waals surface area (Å²) in [5, 5.41) is 8.61. The van der Waals surface area contributed by atoms with Gasteiger partial charge in [0.2, 0.25) is 5.91 Å². The van der Waals surface area contributed by atoms with Gasteiger partial charge in [-0.1, -0.05) is 0 Å². The molecule has 0 heterocycles. The summed E-state index contributed by atoms with van der Waals surface area (Å²) in [5.41, 5.74) is 0.973. The Morgan fingerprint density at radius 3 is 2.48 bits per heavy atom.